The third-order valence-corrected chi connectivity index (χ3v) is 5.69. The van der Waals surface area contributed by atoms with Crippen LogP contribution in [0.2, 0.25) is 0 Å². The molecular weight excluding hydrogens is 249 g/mol. The van der Waals surface area contributed by atoms with Crippen molar-refractivity contribution in [3.8, 4) is 0 Å². The smallest absolute Gasteiger partial charge is 0.124 e. The molecule has 1 aliphatic carbocycles. The zero-order valence-corrected chi connectivity index (χ0v) is 11.7. The maximum absolute atomic E-state index is 13.2. The summed E-state index contributed by atoms with van der Waals surface area (Å²) in [6.07, 6.45) is 2.00. The van der Waals surface area contributed by atoms with Gasteiger partial charge in [-0.25, -0.2) is 4.39 Å². The fourth-order valence-corrected chi connectivity index (χ4v) is 4.47. The molecule has 4 unspecified atom stereocenters. The number of benzene rings is 1. The Balaban J connectivity index is 2.11. The SMILES string of the molecule is CCNC1CCC(S(=O)c2cccc(F)c2)C1C. The van der Waals surface area contributed by atoms with Crippen molar-refractivity contribution in [1.29, 1.82) is 0 Å². The molecule has 1 saturated carbocycles. The first-order chi connectivity index (χ1) is 8.63. The van der Waals surface area contributed by atoms with Crippen LogP contribution < -0.4 is 5.32 Å². The Hall–Kier alpha value is -0.740. The molecule has 0 aromatic heterocycles. The molecule has 0 amide bonds. The quantitative estimate of drug-likeness (QED) is 0.910. The van der Waals surface area contributed by atoms with Crippen LogP contribution in [0.5, 0.6) is 0 Å². The lowest BCUT2D eigenvalue weighted by Gasteiger charge is -2.20. The van der Waals surface area contributed by atoms with E-state index in [1.54, 1.807) is 12.1 Å². The van der Waals surface area contributed by atoms with Crippen molar-refractivity contribution in [3.05, 3.63) is 30.1 Å². The fourth-order valence-electron chi connectivity index (χ4n) is 2.75. The van der Waals surface area contributed by atoms with Crippen LogP contribution in [0.4, 0.5) is 4.39 Å². The van der Waals surface area contributed by atoms with Crippen LogP contribution in [-0.4, -0.2) is 22.0 Å². The van der Waals surface area contributed by atoms with E-state index in [9.17, 15) is 8.60 Å². The van der Waals surface area contributed by atoms with Gasteiger partial charge >= 0.3 is 0 Å². The number of nitrogens with one attached hydrogen (secondary N) is 1. The normalized spacial score (nSPS) is 29.4. The standard InChI is InChI=1S/C14H20FNOS/c1-3-16-13-7-8-14(10(13)2)18(17)12-6-4-5-11(15)9-12/h4-6,9-10,13-14,16H,3,7-8H2,1-2H3. The van der Waals surface area contributed by atoms with E-state index in [-0.39, 0.29) is 11.1 Å². The molecule has 1 fully saturated rings. The highest BCUT2D eigenvalue weighted by Crippen LogP contribution is 2.32. The summed E-state index contributed by atoms with van der Waals surface area (Å²) < 4.78 is 25.6. The molecule has 2 nitrogen and oxygen atoms in total. The highest BCUT2D eigenvalue weighted by molar-refractivity contribution is 7.85. The minimum atomic E-state index is -1.10. The molecule has 0 saturated heterocycles. The second-order valence-electron chi connectivity index (χ2n) is 4.89. The van der Waals surface area contributed by atoms with E-state index in [2.05, 4.69) is 19.2 Å². The Morgan fingerprint density at radius 1 is 1.44 bits per heavy atom. The van der Waals surface area contributed by atoms with Crippen molar-refractivity contribution in [3.63, 3.8) is 0 Å². The highest BCUT2D eigenvalue weighted by Gasteiger charge is 2.36. The van der Waals surface area contributed by atoms with Crippen LogP contribution >= 0.6 is 0 Å². The summed E-state index contributed by atoms with van der Waals surface area (Å²) in [5.74, 6) is 0.0591. The molecule has 0 bridgehead atoms. The summed E-state index contributed by atoms with van der Waals surface area (Å²) in [6, 6.07) is 6.61. The Kier molecular flexibility index (Phi) is 4.51. The molecule has 1 aromatic carbocycles. The van der Waals surface area contributed by atoms with Crippen molar-refractivity contribution in [2.45, 2.75) is 42.9 Å². The molecule has 0 heterocycles. The van der Waals surface area contributed by atoms with Gasteiger partial charge in [0.2, 0.25) is 0 Å². The molecular formula is C14H20FNOS. The van der Waals surface area contributed by atoms with Gasteiger partial charge < -0.3 is 5.32 Å². The van der Waals surface area contributed by atoms with E-state index in [1.165, 1.54) is 12.1 Å². The lowest BCUT2D eigenvalue weighted by Crippen LogP contribution is -2.34. The van der Waals surface area contributed by atoms with Crippen LogP contribution in [0.25, 0.3) is 0 Å². The van der Waals surface area contributed by atoms with E-state index < -0.39 is 10.8 Å². The number of halogens is 1. The highest BCUT2D eigenvalue weighted by atomic mass is 32.2. The minimum Gasteiger partial charge on any atom is -0.314 e. The summed E-state index contributed by atoms with van der Waals surface area (Å²) >= 11 is 0. The van der Waals surface area contributed by atoms with Gasteiger partial charge in [-0.2, -0.15) is 0 Å². The van der Waals surface area contributed by atoms with Gasteiger partial charge in [-0.05, 0) is 43.5 Å². The van der Waals surface area contributed by atoms with Crippen molar-refractivity contribution in [2.24, 2.45) is 5.92 Å². The first-order valence-corrected chi connectivity index (χ1v) is 7.74. The molecule has 0 aliphatic heterocycles. The Morgan fingerprint density at radius 3 is 2.89 bits per heavy atom. The third-order valence-electron chi connectivity index (χ3n) is 3.75. The van der Waals surface area contributed by atoms with Crippen molar-refractivity contribution < 1.29 is 8.60 Å². The van der Waals surface area contributed by atoms with Crippen LogP contribution in [0, 0.1) is 11.7 Å². The van der Waals surface area contributed by atoms with Gasteiger partial charge in [0.1, 0.15) is 5.82 Å². The Labute approximate surface area is 110 Å². The van der Waals surface area contributed by atoms with Crippen LogP contribution in [0.15, 0.2) is 29.2 Å². The number of hydrogen-bond donors (Lipinski definition) is 1. The maximum Gasteiger partial charge on any atom is 0.124 e. The first kappa shape index (κ1) is 13.7. The Bertz CT molecular complexity index is 438. The predicted octanol–water partition coefficient (Wildman–Crippen LogP) is 2.71. The third kappa shape index (κ3) is 2.81. The van der Waals surface area contributed by atoms with Crippen molar-refractivity contribution in [2.75, 3.05) is 6.54 Å². The van der Waals surface area contributed by atoms with E-state index in [4.69, 9.17) is 0 Å². The zero-order chi connectivity index (χ0) is 13.1. The van der Waals surface area contributed by atoms with Gasteiger partial charge in [-0.15, -0.1) is 0 Å². The average molecular weight is 269 g/mol. The van der Waals surface area contributed by atoms with E-state index >= 15 is 0 Å². The topological polar surface area (TPSA) is 29.1 Å². The Morgan fingerprint density at radius 2 is 2.22 bits per heavy atom. The summed E-state index contributed by atoms with van der Waals surface area (Å²) in [7, 11) is -1.10. The molecule has 1 N–H and O–H groups in total. The van der Waals surface area contributed by atoms with Gasteiger partial charge in [-0.1, -0.05) is 19.9 Å². The molecule has 0 radical (unpaired) electrons. The van der Waals surface area contributed by atoms with Crippen LogP contribution in [-0.2, 0) is 10.8 Å². The maximum atomic E-state index is 13.2. The van der Waals surface area contributed by atoms with Gasteiger partial charge in [0.15, 0.2) is 0 Å². The average Bonchev–Trinajstić information content (AvgIpc) is 2.71. The van der Waals surface area contributed by atoms with Gasteiger partial charge in [-0.3, -0.25) is 4.21 Å². The fraction of sp³-hybridized carbons (Fsp3) is 0.571. The molecule has 1 aromatic rings. The molecule has 0 spiro atoms. The van der Waals surface area contributed by atoms with Gasteiger partial charge in [0.25, 0.3) is 0 Å². The molecule has 4 heteroatoms. The van der Waals surface area contributed by atoms with Crippen LogP contribution in [0.3, 0.4) is 0 Å². The molecule has 1 aliphatic rings. The predicted molar refractivity (Wildman–Crippen MR) is 72.5 cm³/mol. The van der Waals surface area contributed by atoms with E-state index in [1.807, 2.05) is 0 Å². The van der Waals surface area contributed by atoms with E-state index in [0.29, 0.717) is 16.9 Å². The second kappa shape index (κ2) is 5.93. The minimum absolute atomic E-state index is 0.135. The molecule has 2 rings (SSSR count). The van der Waals surface area contributed by atoms with Crippen molar-refractivity contribution in [1.82, 2.24) is 5.32 Å². The number of rotatable bonds is 4. The van der Waals surface area contributed by atoms with Gasteiger partial charge in [0, 0.05) is 16.2 Å². The summed E-state index contributed by atoms with van der Waals surface area (Å²) in [5, 5.41) is 3.57. The lowest BCUT2D eigenvalue weighted by atomic mass is 10.1. The first-order valence-electron chi connectivity index (χ1n) is 6.53. The summed E-state index contributed by atoms with van der Waals surface area (Å²) in [6.45, 7) is 5.17. The van der Waals surface area contributed by atoms with Crippen LogP contribution in [0.1, 0.15) is 26.7 Å². The second-order valence-corrected chi connectivity index (χ2v) is 6.57. The number of hydrogen-bond acceptors (Lipinski definition) is 2. The molecule has 100 valence electrons. The molecule has 18 heavy (non-hydrogen) atoms. The van der Waals surface area contributed by atoms with Gasteiger partial charge in [0.05, 0.1) is 10.8 Å². The summed E-state index contributed by atoms with van der Waals surface area (Å²) in [4.78, 5) is 0.615. The molecule has 4 atom stereocenters. The van der Waals surface area contributed by atoms with Crippen molar-refractivity contribution >= 4 is 10.8 Å². The lowest BCUT2D eigenvalue weighted by molar-refractivity contribution is 0.438. The summed E-state index contributed by atoms with van der Waals surface area (Å²) in [5.41, 5.74) is 0. The largest absolute Gasteiger partial charge is 0.314 e. The monoisotopic (exact) mass is 269 g/mol. The zero-order valence-electron chi connectivity index (χ0n) is 10.9. The van der Waals surface area contributed by atoms with E-state index in [0.717, 1.165) is 19.4 Å².